The molecule has 4 heteroatoms. The molecule has 1 aromatic carbocycles. The number of ether oxygens (including phenoxy) is 1. The molecule has 0 aliphatic carbocycles. The van der Waals surface area contributed by atoms with Crippen LogP contribution in [0.1, 0.15) is 37.0 Å². The van der Waals surface area contributed by atoms with Crippen LogP contribution in [0.5, 0.6) is 0 Å². The highest BCUT2D eigenvalue weighted by atomic mass is 16.5. The Morgan fingerprint density at radius 3 is 2.79 bits per heavy atom. The number of anilines is 2. The normalized spacial score (nSPS) is 23.2. The Labute approximate surface area is 114 Å². The molecule has 1 aliphatic heterocycles. The highest BCUT2D eigenvalue weighted by Crippen LogP contribution is 2.33. The summed E-state index contributed by atoms with van der Waals surface area (Å²) in [5.74, 6) is 0.369. The number of hydrogen-bond acceptors (Lipinski definition) is 4. The molecule has 0 aromatic heterocycles. The van der Waals surface area contributed by atoms with Gasteiger partial charge in [-0.05, 0) is 37.8 Å². The molecule has 1 aliphatic rings. The van der Waals surface area contributed by atoms with E-state index in [1.165, 1.54) is 7.11 Å². The second kappa shape index (κ2) is 5.51. The van der Waals surface area contributed by atoms with Gasteiger partial charge in [-0.25, -0.2) is 4.79 Å². The monoisotopic (exact) mass is 262 g/mol. The summed E-state index contributed by atoms with van der Waals surface area (Å²) in [7, 11) is 1.37. The average molecular weight is 262 g/mol. The fraction of sp³-hybridized carbons (Fsp3) is 0.533. The van der Waals surface area contributed by atoms with Gasteiger partial charge in [0.2, 0.25) is 0 Å². The van der Waals surface area contributed by atoms with Crippen LogP contribution in [0.4, 0.5) is 11.4 Å². The van der Waals surface area contributed by atoms with Crippen LogP contribution in [0.2, 0.25) is 0 Å². The van der Waals surface area contributed by atoms with Gasteiger partial charge in [-0.3, -0.25) is 0 Å². The van der Waals surface area contributed by atoms with E-state index in [2.05, 4.69) is 18.7 Å². The average Bonchev–Trinajstić information content (AvgIpc) is 2.39. The first-order valence-corrected chi connectivity index (χ1v) is 6.78. The number of para-hydroxylation sites is 1. The number of carbonyl (C=O) groups is 1. The van der Waals surface area contributed by atoms with Gasteiger partial charge >= 0.3 is 5.97 Å². The van der Waals surface area contributed by atoms with Crippen molar-refractivity contribution in [3.05, 3.63) is 23.8 Å². The molecule has 104 valence electrons. The lowest BCUT2D eigenvalue weighted by Gasteiger charge is -2.39. The predicted molar refractivity (Wildman–Crippen MR) is 77.4 cm³/mol. The van der Waals surface area contributed by atoms with E-state index < -0.39 is 0 Å². The van der Waals surface area contributed by atoms with Gasteiger partial charge in [0.25, 0.3) is 0 Å². The van der Waals surface area contributed by atoms with Gasteiger partial charge in [-0.1, -0.05) is 13.0 Å². The fourth-order valence-electron chi connectivity index (χ4n) is 2.86. The van der Waals surface area contributed by atoms with Crippen molar-refractivity contribution in [1.82, 2.24) is 0 Å². The molecule has 0 saturated carbocycles. The molecule has 0 spiro atoms. The second-order valence-electron chi connectivity index (χ2n) is 5.40. The van der Waals surface area contributed by atoms with E-state index in [0.29, 0.717) is 17.3 Å². The van der Waals surface area contributed by atoms with Gasteiger partial charge in [0.1, 0.15) is 0 Å². The number of carbonyl (C=O) groups excluding carboxylic acids is 1. The number of nitrogen functional groups attached to an aromatic ring is 1. The Balaban J connectivity index is 2.32. The zero-order chi connectivity index (χ0) is 14.0. The minimum Gasteiger partial charge on any atom is -0.465 e. The quantitative estimate of drug-likeness (QED) is 0.657. The van der Waals surface area contributed by atoms with Gasteiger partial charge in [0.15, 0.2) is 0 Å². The molecule has 2 unspecified atom stereocenters. The lowest BCUT2D eigenvalue weighted by Crippen LogP contribution is -2.40. The highest BCUT2D eigenvalue weighted by molar-refractivity contribution is 5.98. The number of esters is 1. The minimum atomic E-state index is -0.377. The number of methoxy groups -OCH3 is 1. The predicted octanol–water partition coefficient (Wildman–Crippen LogP) is 2.68. The third kappa shape index (κ3) is 2.67. The molecule has 0 amide bonds. The van der Waals surface area contributed by atoms with Crippen molar-refractivity contribution in [3.8, 4) is 0 Å². The molecule has 1 saturated heterocycles. The molecule has 1 aromatic rings. The Kier molecular flexibility index (Phi) is 3.98. The van der Waals surface area contributed by atoms with Crippen molar-refractivity contribution < 1.29 is 9.53 Å². The van der Waals surface area contributed by atoms with Crippen LogP contribution >= 0.6 is 0 Å². The van der Waals surface area contributed by atoms with E-state index in [1.54, 1.807) is 6.07 Å². The Morgan fingerprint density at radius 2 is 2.16 bits per heavy atom. The third-order valence-corrected chi connectivity index (χ3v) is 3.94. The van der Waals surface area contributed by atoms with E-state index >= 15 is 0 Å². The van der Waals surface area contributed by atoms with Gasteiger partial charge in [-0.2, -0.15) is 0 Å². The van der Waals surface area contributed by atoms with Gasteiger partial charge in [-0.15, -0.1) is 0 Å². The first kappa shape index (κ1) is 13.7. The van der Waals surface area contributed by atoms with Crippen LogP contribution in [-0.4, -0.2) is 25.7 Å². The van der Waals surface area contributed by atoms with Crippen LogP contribution in [0, 0.1) is 5.92 Å². The maximum Gasteiger partial charge on any atom is 0.340 e. The number of benzene rings is 1. The summed E-state index contributed by atoms with van der Waals surface area (Å²) < 4.78 is 4.77. The van der Waals surface area contributed by atoms with Crippen LogP contribution in [0.15, 0.2) is 18.2 Å². The largest absolute Gasteiger partial charge is 0.465 e. The molecule has 1 fully saturated rings. The second-order valence-corrected chi connectivity index (χ2v) is 5.40. The van der Waals surface area contributed by atoms with Crippen LogP contribution < -0.4 is 10.6 Å². The zero-order valence-corrected chi connectivity index (χ0v) is 11.8. The van der Waals surface area contributed by atoms with Crippen LogP contribution in [0.3, 0.4) is 0 Å². The lowest BCUT2D eigenvalue weighted by atomic mass is 9.92. The maximum atomic E-state index is 11.7. The standard InChI is InChI=1S/C15H22N2O2/c1-10-7-8-17(11(2)9-10)13-6-4-5-12(14(13)16)15(18)19-3/h4-6,10-11H,7-9,16H2,1-3H3. The van der Waals surface area contributed by atoms with Crippen molar-refractivity contribution in [3.63, 3.8) is 0 Å². The minimum absolute atomic E-state index is 0.377. The van der Waals surface area contributed by atoms with Crippen molar-refractivity contribution in [2.24, 2.45) is 5.92 Å². The summed E-state index contributed by atoms with van der Waals surface area (Å²) in [6, 6.07) is 6.00. The van der Waals surface area contributed by atoms with Gasteiger partial charge in [0.05, 0.1) is 24.0 Å². The summed E-state index contributed by atoms with van der Waals surface area (Å²) >= 11 is 0. The molecular formula is C15H22N2O2. The Bertz CT molecular complexity index is 473. The number of hydrogen-bond donors (Lipinski definition) is 1. The summed E-state index contributed by atoms with van der Waals surface area (Å²) in [6.45, 7) is 5.47. The molecular weight excluding hydrogens is 240 g/mol. The van der Waals surface area contributed by atoms with E-state index in [-0.39, 0.29) is 5.97 Å². The molecule has 0 bridgehead atoms. The van der Waals surface area contributed by atoms with Gasteiger partial charge in [0, 0.05) is 12.6 Å². The smallest absolute Gasteiger partial charge is 0.340 e. The molecule has 2 rings (SSSR count). The van der Waals surface area contributed by atoms with E-state index in [4.69, 9.17) is 10.5 Å². The Hall–Kier alpha value is -1.71. The van der Waals surface area contributed by atoms with Crippen LogP contribution in [0.25, 0.3) is 0 Å². The van der Waals surface area contributed by atoms with Crippen molar-refractivity contribution in [1.29, 1.82) is 0 Å². The number of nitrogens with zero attached hydrogens (tertiary/aromatic N) is 1. The number of piperidine rings is 1. The summed E-state index contributed by atoms with van der Waals surface area (Å²) in [5.41, 5.74) is 8.07. The third-order valence-electron chi connectivity index (χ3n) is 3.94. The Morgan fingerprint density at radius 1 is 1.42 bits per heavy atom. The molecule has 2 N–H and O–H groups in total. The van der Waals surface area contributed by atoms with E-state index in [1.807, 2.05) is 12.1 Å². The van der Waals surface area contributed by atoms with E-state index in [9.17, 15) is 4.79 Å². The molecule has 4 nitrogen and oxygen atoms in total. The molecule has 0 radical (unpaired) electrons. The van der Waals surface area contributed by atoms with Crippen molar-refractivity contribution in [2.45, 2.75) is 32.7 Å². The van der Waals surface area contributed by atoms with Crippen molar-refractivity contribution >= 4 is 17.3 Å². The van der Waals surface area contributed by atoms with Crippen LogP contribution in [-0.2, 0) is 4.74 Å². The summed E-state index contributed by atoms with van der Waals surface area (Å²) in [5, 5.41) is 0. The first-order chi connectivity index (χ1) is 9.04. The lowest BCUT2D eigenvalue weighted by molar-refractivity contribution is 0.0602. The molecule has 2 atom stereocenters. The SMILES string of the molecule is COC(=O)c1cccc(N2CCC(C)CC2C)c1N. The highest BCUT2D eigenvalue weighted by Gasteiger charge is 2.25. The van der Waals surface area contributed by atoms with E-state index in [0.717, 1.165) is 31.0 Å². The van der Waals surface area contributed by atoms with Crippen molar-refractivity contribution in [2.75, 3.05) is 24.3 Å². The first-order valence-electron chi connectivity index (χ1n) is 6.78. The molecule has 19 heavy (non-hydrogen) atoms. The maximum absolute atomic E-state index is 11.7. The summed E-state index contributed by atoms with van der Waals surface area (Å²) in [4.78, 5) is 14.0. The zero-order valence-electron chi connectivity index (χ0n) is 11.8. The summed E-state index contributed by atoms with van der Waals surface area (Å²) in [6.07, 6.45) is 2.31. The fourth-order valence-corrected chi connectivity index (χ4v) is 2.86. The number of nitrogens with two attached hydrogens (primary N) is 1. The number of rotatable bonds is 2. The molecule has 1 heterocycles. The topological polar surface area (TPSA) is 55.6 Å². The van der Waals surface area contributed by atoms with Gasteiger partial charge < -0.3 is 15.4 Å².